The normalized spacial score (nSPS) is 12.2. The van der Waals surface area contributed by atoms with E-state index in [0.717, 1.165) is 0 Å². The third-order valence-corrected chi connectivity index (χ3v) is 3.25. The first kappa shape index (κ1) is 24.6. The minimum Gasteiger partial charge on any atom is -0.480 e. The number of aliphatic imine (C=N–C) groups is 1. The van der Waals surface area contributed by atoms with Gasteiger partial charge in [0.1, 0.15) is 12.1 Å². The summed E-state index contributed by atoms with van der Waals surface area (Å²) in [5.74, 6) is -4.68. The molecule has 0 saturated carbocycles. The summed E-state index contributed by atoms with van der Waals surface area (Å²) in [5, 5.41) is 15.8. The molecule has 0 saturated heterocycles. The summed E-state index contributed by atoms with van der Waals surface area (Å²) < 4.78 is 0. The van der Waals surface area contributed by atoms with Gasteiger partial charge in [-0.2, -0.15) is 0 Å². The molecular weight excluding hydrogens is 376 g/mol. The topological polar surface area (TPSA) is 258 Å². The van der Waals surface area contributed by atoms with E-state index in [1.165, 1.54) is 0 Å². The van der Waals surface area contributed by atoms with Crippen molar-refractivity contribution in [3.63, 3.8) is 0 Å². The van der Waals surface area contributed by atoms with E-state index in [1.807, 2.05) is 0 Å². The molecule has 158 valence electrons. The number of nitrogens with zero attached hydrogens (tertiary/aromatic N) is 1. The van der Waals surface area contributed by atoms with E-state index in [0.29, 0.717) is 0 Å². The van der Waals surface area contributed by atoms with Crippen LogP contribution in [0.5, 0.6) is 0 Å². The molecule has 14 nitrogen and oxygen atoms in total. The lowest BCUT2D eigenvalue weighted by Gasteiger charge is -2.20. The van der Waals surface area contributed by atoms with Crippen molar-refractivity contribution in [2.75, 3.05) is 19.6 Å². The number of nitrogens with one attached hydrogen (secondary N) is 3. The molecule has 12 N–H and O–H groups in total. The van der Waals surface area contributed by atoms with Crippen molar-refractivity contribution in [3.05, 3.63) is 0 Å². The number of carboxylic acids is 1. The number of guanidine groups is 1. The summed E-state index contributed by atoms with van der Waals surface area (Å²) in [6.07, 6.45) is -0.308. The summed E-state index contributed by atoms with van der Waals surface area (Å²) in [6, 6.07) is -2.72. The Balaban J connectivity index is 4.88. The quantitative estimate of drug-likeness (QED) is 0.0832. The van der Waals surface area contributed by atoms with Crippen molar-refractivity contribution < 1.29 is 29.1 Å². The Hall–Kier alpha value is -3.42. The highest BCUT2D eigenvalue weighted by atomic mass is 16.4. The molecular formula is C14H26N8O6. The molecule has 0 aliphatic carbocycles. The second-order valence-electron chi connectivity index (χ2n) is 5.62. The molecule has 0 aromatic carbocycles. The maximum absolute atomic E-state index is 12.3. The van der Waals surface area contributed by atoms with E-state index >= 15 is 0 Å². The van der Waals surface area contributed by atoms with Gasteiger partial charge in [-0.1, -0.05) is 0 Å². The van der Waals surface area contributed by atoms with Crippen LogP contribution in [0.1, 0.15) is 19.3 Å². The Kier molecular flexibility index (Phi) is 11.3. The van der Waals surface area contributed by atoms with Crippen LogP contribution in [0.15, 0.2) is 4.99 Å². The van der Waals surface area contributed by atoms with Gasteiger partial charge in [0.05, 0.1) is 19.5 Å². The van der Waals surface area contributed by atoms with Gasteiger partial charge in [-0.15, -0.1) is 0 Å². The fourth-order valence-electron chi connectivity index (χ4n) is 1.94. The van der Waals surface area contributed by atoms with Crippen LogP contribution < -0.4 is 38.9 Å². The van der Waals surface area contributed by atoms with Crippen molar-refractivity contribution in [2.45, 2.75) is 31.3 Å². The molecule has 0 aromatic heterocycles. The summed E-state index contributed by atoms with van der Waals surface area (Å²) in [7, 11) is 0. The summed E-state index contributed by atoms with van der Waals surface area (Å²) in [4.78, 5) is 61.3. The van der Waals surface area contributed by atoms with Crippen LogP contribution >= 0.6 is 0 Å². The smallest absolute Gasteiger partial charge is 0.326 e. The van der Waals surface area contributed by atoms with E-state index in [2.05, 4.69) is 20.9 Å². The van der Waals surface area contributed by atoms with Crippen molar-refractivity contribution in [1.82, 2.24) is 16.0 Å². The van der Waals surface area contributed by atoms with Crippen LogP contribution in [0, 0.1) is 0 Å². The maximum atomic E-state index is 12.3. The lowest BCUT2D eigenvalue weighted by molar-refractivity contribution is -0.142. The molecule has 0 spiro atoms. The standard InChI is InChI=1S/C14H26N8O6/c15-5-10(24)20-6-11(25)21-8(4-9(16)23)12(26)22-7(13(27)28)2-1-3-19-14(17)18/h7-8H,1-6,15H2,(H2,16,23)(H,20,24)(H,21,25)(H,22,26)(H,27,28)(H4,17,18,19). The molecule has 0 bridgehead atoms. The zero-order valence-electron chi connectivity index (χ0n) is 15.1. The Morgan fingerprint density at radius 2 is 1.61 bits per heavy atom. The van der Waals surface area contributed by atoms with Crippen LogP contribution in [0.4, 0.5) is 0 Å². The monoisotopic (exact) mass is 402 g/mol. The number of carbonyl (C=O) groups is 5. The maximum Gasteiger partial charge on any atom is 0.326 e. The average Bonchev–Trinajstić information content (AvgIpc) is 2.60. The predicted molar refractivity (Wildman–Crippen MR) is 97.3 cm³/mol. The minimum absolute atomic E-state index is 0.00164. The molecule has 0 fully saturated rings. The second kappa shape index (κ2) is 12.9. The van der Waals surface area contributed by atoms with E-state index in [9.17, 15) is 29.1 Å². The Morgan fingerprint density at radius 3 is 2.11 bits per heavy atom. The number of carboxylic acid groups (broad SMARTS) is 1. The molecule has 0 radical (unpaired) electrons. The van der Waals surface area contributed by atoms with Gasteiger partial charge in [-0.3, -0.25) is 24.2 Å². The fourth-order valence-corrected chi connectivity index (χ4v) is 1.94. The van der Waals surface area contributed by atoms with Gasteiger partial charge in [0.2, 0.25) is 23.6 Å². The highest BCUT2D eigenvalue weighted by molar-refractivity contribution is 5.94. The zero-order chi connectivity index (χ0) is 21.7. The molecule has 14 heteroatoms. The van der Waals surface area contributed by atoms with Gasteiger partial charge in [0.15, 0.2) is 5.96 Å². The molecule has 0 rings (SSSR count). The van der Waals surface area contributed by atoms with Gasteiger partial charge < -0.3 is 44.0 Å². The number of nitrogens with two attached hydrogens (primary N) is 4. The number of primary amides is 1. The van der Waals surface area contributed by atoms with Crippen molar-refractivity contribution in [3.8, 4) is 0 Å². The number of hydrogen-bond acceptors (Lipinski definition) is 7. The minimum atomic E-state index is -1.42. The van der Waals surface area contributed by atoms with Gasteiger partial charge >= 0.3 is 5.97 Å². The Bertz CT molecular complexity index is 619. The van der Waals surface area contributed by atoms with Crippen LogP contribution in [0.3, 0.4) is 0 Å². The molecule has 0 aliphatic rings. The molecule has 28 heavy (non-hydrogen) atoms. The number of rotatable bonds is 13. The Labute approximate surface area is 160 Å². The summed E-state index contributed by atoms with van der Waals surface area (Å²) in [6.45, 7) is -0.664. The second-order valence-corrected chi connectivity index (χ2v) is 5.62. The summed E-state index contributed by atoms with van der Waals surface area (Å²) in [5.41, 5.74) is 20.5. The molecule has 4 amide bonds. The zero-order valence-corrected chi connectivity index (χ0v) is 15.1. The van der Waals surface area contributed by atoms with Gasteiger partial charge in [-0.25, -0.2) is 4.79 Å². The van der Waals surface area contributed by atoms with E-state index in [1.54, 1.807) is 0 Å². The summed E-state index contributed by atoms with van der Waals surface area (Å²) >= 11 is 0. The lowest BCUT2D eigenvalue weighted by atomic mass is 10.1. The van der Waals surface area contributed by atoms with Crippen LogP contribution in [0.2, 0.25) is 0 Å². The fraction of sp³-hybridized carbons (Fsp3) is 0.571. The molecule has 2 unspecified atom stereocenters. The molecule has 2 atom stereocenters. The van der Waals surface area contributed by atoms with Gasteiger partial charge in [-0.05, 0) is 12.8 Å². The van der Waals surface area contributed by atoms with E-state index < -0.39 is 54.6 Å². The first-order valence-corrected chi connectivity index (χ1v) is 8.19. The molecule has 0 aliphatic heterocycles. The third-order valence-electron chi connectivity index (χ3n) is 3.25. The first-order chi connectivity index (χ1) is 13.1. The van der Waals surface area contributed by atoms with Gasteiger partial charge in [0.25, 0.3) is 0 Å². The Morgan fingerprint density at radius 1 is 0.964 bits per heavy atom. The SMILES string of the molecule is NCC(=O)NCC(=O)NC(CC(N)=O)C(=O)NC(CCCN=C(N)N)C(=O)O. The largest absolute Gasteiger partial charge is 0.480 e. The van der Waals surface area contributed by atoms with E-state index in [4.69, 9.17) is 22.9 Å². The number of hydrogen-bond donors (Lipinski definition) is 8. The van der Waals surface area contributed by atoms with Crippen molar-refractivity contribution >= 4 is 35.6 Å². The average molecular weight is 402 g/mol. The van der Waals surface area contributed by atoms with Crippen LogP contribution in [-0.2, 0) is 24.0 Å². The molecule has 0 aromatic rings. The number of amides is 4. The lowest BCUT2D eigenvalue weighted by Crippen LogP contribution is -2.54. The van der Waals surface area contributed by atoms with Crippen LogP contribution in [0.25, 0.3) is 0 Å². The van der Waals surface area contributed by atoms with E-state index in [-0.39, 0.29) is 31.9 Å². The predicted octanol–water partition coefficient (Wildman–Crippen LogP) is -4.96. The molecule has 0 heterocycles. The highest BCUT2D eigenvalue weighted by Gasteiger charge is 2.27. The van der Waals surface area contributed by atoms with Gasteiger partial charge in [0, 0.05) is 6.54 Å². The third kappa shape index (κ3) is 11.2. The van der Waals surface area contributed by atoms with Crippen LogP contribution in [-0.4, -0.2) is 72.4 Å². The number of aliphatic carboxylic acids is 1. The van der Waals surface area contributed by atoms with Crippen molar-refractivity contribution in [2.24, 2.45) is 27.9 Å². The number of carbonyl (C=O) groups excluding carboxylic acids is 4. The highest BCUT2D eigenvalue weighted by Crippen LogP contribution is 2.01. The van der Waals surface area contributed by atoms with Crippen molar-refractivity contribution in [1.29, 1.82) is 0 Å². The first-order valence-electron chi connectivity index (χ1n) is 8.19.